The Morgan fingerprint density at radius 3 is 2.85 bits per heavy atom. The summed E-state index contributed by atoms with van der Waals surface area (Å²) in [6.07, 6.45) is 1.97. The van der Waals surface area contributed by atoms with E-state index in [1.807, 2.05) is 10.3 Å². The molecule has 0 saturated carbocycles. The van der Waals surface area contributed by atoms with Gasteiger partial charge in [0, 0.05) is 30.1 Å². The van der Waals surface area contributed by atoms with Crippen molar-refractivity contribution in [2.24, 2.45) is 5.73 Å². The van der Waals surface area contributed by atoms with Crippen molar-refractivity contribution in [2.45, 2.75) is 25.5 Å². The van der Waals surface area contributed by atoms with Crippen LogP contribution in [-0.2, 0) is 6.61 Å². The highest BCUT2D eigenvalue weighted by molar-refractivity contribution is 7.07. The van der Waals surface area contributed by atoms with Crippen molar-refractivity contribution >= 4 is 42.1 Å². The Hall–Kier alpha value is -1.54. The topological polar surface area (TPSA) is 77.7 Å². The summed E-state index contributed by atoms with van der Waals surface area (Å²) in [4.78, 5) is 18.7. The van der Waals surface area contributed by atoms with Gasteiger partial charge in [-0.3, -0.25) is 4.79 Å². The van der Waals surface area contributed by atoms with Crippen molar-refractivity contribution < 1.29 is 14.3 Å². The number of nitrogens with two attached hydrogens (primary N) is 1. The average molecular weight is 420 g/mol. The summed E-state index contributed by atoms with van der Waals surface area (Å²) >= 11 is 1.52. The molecular formula is C17H23Cl2N3O3S. The number of thiazole rings is 1. The van der Waals surface area contributed by atoms with Crippen LogP contribution >= 0.6 is 36.2 Å². The molecule has 26 heavy (non-hydrogen) atoms. The maximum absolute atomic E-state index is 12.7. The Balaban J connectivity index is 0.00000169. The number of carbonyl (C=O) groups excluding carboxylic acids is 1. The van der Waals surface area contributed by atoms with Crippen LogP contribution in [0.5, 0.6) is 11.5 Å². The lowest BCUT2D eigenvalue weighted by molar-refractivity contribution is 0.0740. The molecule has 0 aliphatic carbocycles. The van der Waals surface area contributed by atoms with Gasteiger partial charge in [-0.05, 0) is 31.0 Å². The first kappa shape index (κ1) is 22.5. The van der Waals surface area contributed by atoms with Gasteiger partial charge in [-0.2, -0.15) is 0 Å². The summed E-state index contributed by atoms with van der Waals surface area (Å²) in [5, 5.41) is 1.94. The zero-order valence-electron chi connectivity index (χ0n) is 14.4. The highest BCUT2D eigenvalue weighted by atomic mass is 35.5. The van der Waals surface area contributed by atoms with Gasteiger partial charge in [0.15, 0.2) is 11.5 Å². The minimum Gasteiger partial charge on any atom is -0.493 e. The van der Waals surface area contributed by atoms with Crippen LogP contribution in [0.2, 0.25) is 0 Å². The van der Waals surface area contributed by atoms with Gasteiger partial charge in [0.25, 0.3) is 5.91 Å². The number of ether oxygens (including phenoxy) is 2. The number of hydrogen-bond acceptors (Lipinski definition) is 6. The predicted molar refractivity (Wildman–Crippen MR) is 107 cm³/mol. The maximum Gasteiger partial charge on any atom is 0.254 e. The number of likely N-dealkylation sites (tertiary alicyclic amines) is 1. The molecule has 9 heteroatoms. The molecule has 1 aliphatic rings. The average Bonchev–Trinajstić information content (AvgIpc) is 3.30. The fraction of sp³-hybridized carbons (Fsp3) is 0.412. The molecule has 144 valence electrons. The van der Waals surface area contributed by atoms with Crippen molar-refractivity contribution in [3.8, 4) is 11.5 Å². The predicted octanol–water partition coefficient (Wildman–Crippen LogP) is 3.14. The zero-order chi connectivity index (χ0) is 16.9. The molecule has 1 unspecified atom stereocenters. The summed E-state index contributed by atoms with van der Waals surface area (Å²) in [5.41, 5.74) is 8.98. The minimum atomic E-state index is -0.00713. The lowest BCUT2D eigenvalue weighted by Crippen LogP contribution is -2.39. The quantitative estimate of drug-likeness (QED) is 0.777. The van der Waals surface area contributed by atoms with E-state index < -0.39 is 0 Å². The van der Waals surface area contributed by atoms with E-state index in [1.54, 1.807) is 30.8 Å². The number of benzene rings is 1. The summed E-state index contributed by atoms with van der Waals surface area (Å²) in [6, 6.07) is 5.40. The fourth-order valence-electron chi connectivity index (χ4n) is 2.89. The second-order valence-electron chi connectivity index (χ2n) is 5.66. The van der Waals surface area contributed by atoms with E-state index in [2.05, 4.69) is 4.98 Å². The van der Waals surface area contributed by atoms with Gasteiger partial charge in [-0.15, -0.1) is 36.2 Å². The largest absolute Gasteiger partial charge is 0.493 e. The highest BCUT2D eigenvalue weighted by Gasteiger charge is 2.28. The van der Waals surface area contributed by atoms with Crippen molar-refractivity contribution in [3.05, 3.63) is 40.3 Å². The molecule has 1 aromatic carbocycles. The lowest BCUT2D eigenvalue weighted by atomic mass is 10.1. The van der Waals surface area contributed by atoms with Crippen LogP contribution < -0.4 is 15.2 Å². The van der Waals surface area contributed by atoms with Crippen LogP contribution in [0.25, 0.3) is 0 Å². The minimum absolute atomic E-state index is 0. The second kappa shape index (κ2) is 10.6. The molecule has 2 N–H and O–H groups in total. The standard InChI is InChI=1S/C17H21N3O3S.2ClH/c1-22-16-7-12(17(21)20-6-2-3-14(20)8-18)4-5-15(16)23-9-13-10-24-11-19-13;;/h4-5,7,10-11,14H,2-3,6,8-9,18H2,1H3;2*1H. The number of amides is 1. The molecule has 3 rings (SSSR count). The van der Waals surface area contributed by atoms with Crippen LogP contribution in [0.1, 0.15) is 28.9 Å². The Morgan fingerprint density at radius 2 is 2.19 bits per heavy atom. The van der Waals surface area contributed by atoms with E-state index in [0.717, 1.165) is 25.1 Å². The van der Waals surface area contributed by atoms with Gasteiger partial charge >= 0.3 is 0 Å². The molecule has 2 heterocycles. The van der Waals surface area contributed by atoms with E-state index >= 15 is 0 Å². The highest BCUT2D eigenvalue weighted by Crippen LogP contribution is 2.30. The summed E-state index contributed by atoms with van der Waals surface area (Å²) in [5.74, 6) is 1.13. The first-order valence-corrected chi connectivity index (χ1v) is 8.86. The molecule has 1 saturated heterocycles. The molecule has 1 amide bonds. The molecule has 1 aromatic heterocycles. The summed E-state index contributed by atoms with van der Waals surface area (Å²) in [6.45, 7) is 1.62. The Labute approximate surface area is 169 Å². The van der Waals surface area contributed by atoms with Crippen LogP contribution in [-0.4, -0.2) is 42.0 Å². The van der Waals surface area contributed by atoms with Crippen LogP contribution in [0, 0.1) is 0 Å². The molecule has 1 fully saturated rings. The Morgan fingerprint density at radius 1 is 1.38 bits per heavy atom. The molecule has 0 bridgehead atoms. The molecule has 0 spiro atoms. The molecule has 0 radical (unpaired) electrons. The summed E-state index contributed by atoms with van der Waals surface area (Å²) in [7, 11) is 1.57. The first-order chi connectivity index (χ1) is 11.7. The number of carbonyl (C=O) groups is 1. The number of hydrogen-bond donors (Lipinski definition) is 1. The third kappa shape index (κ3) is 5.01. The molecule has 6 nitrogen and oxygen atoms in total. The second-order valence-corrected chi connectivity index (χ2v) is 6.38. The molecule has 2 aromatic rings. The normalized spacial score (nSPS) is 15.8. The van der Waals surface area contributed by atoms with E-state index in [9.17, 15) is 4.79 Å². The molecule has 1 atom stereocenters. The zero-order valence-corrected chi connectivity index (χ0v) is 16.9. The van der Waals surface area contributed by atoms with Gasteiger partial charge in [-0.25, -0.2) is 4.98 Å². The number of methoxy groups -OCH3 is 1. The fourth-order valence-corrected chi connectivity index (χ4v) is 3.44. The SMILES string of the molecule is COc1cc(C(=O)N2CCCC2CN)ccc1OCc1cscn1.Cl.Cl. The van der Waals surface area contributed by atoms with Crippen molar-refractivity contribution in [1.29, 1.82) is 0 Å². The third-order valence-electron chi connectivity index (χ3n) is 4.18. The maximum atomic E-state index is 12.7. The number of rotatable bonds is 6. The van der Waals surface area contributed by atoms with Gasteiger partial charge in [0.1, 0.15) is 6.61 Å². The van der Waals surface area contributed by atoms with E-state index in [-0.39, 0.29) is 36.8 Å². The third-order valence-corrected chi connectivity index (χ3v) is 4.81. The van der Waals surface area contributed by atoms with Crippen LogP contribution in [0.3, 0.4) is 0 Å². The van der Waals surface area contributed by atoms with E-state index in [0.29, 0.717) is 30.2 Å². The first-order valence-electron chi connectivity index (χ1n) is 7.92. The van der Waals surface area contributed by atoms with Gasteiger partial charge in [-0.1, -0.05) is 0 Å². The van der Waals surface area contributed by atoms with Gasteiger partial charge in [0.2, 0.25) is 0 Å². The Kier molecular flexibility index (Phi) is 9.15. The van der Waals surface area contributed by atoms with E-state index in [4.69, 9.17) is 15.2 Å². The monoisotopic (exact) mass is 419 g/mol. The number of nitrogens with zero attached hydrogens (tertiary/aromatic N) is 2. The molecule has 1 aliphatic heterocycles. The smallest absolute Gasteiger partial charge is 0.254 e. The summed E-state index contributed by atoms with van der Waals surface area (Å²) < 4.78 is 11.1. The van der Waals surface area contributed by atoms with E-state index in [1.165, 1.54) is 11.3 Å². The number of halogens is 2. The van der Waals surface area contributed by atoms with Gasteiger partial charge < -0.3 is 20.1 Å². The molecular weight excluding hydrogens is 397 g/mol. The lowest BCUT2D eigenvalue weighted by Gasteiger charge is -2.24. The van der Waals surface area contributed by atoms with Crippen molar-refractivity contribution in [2.75, 3.05) is 20.2 Å². The van der Waals surface area contributed by atoms with Crippen LogP contribution in [0.4, 0.5) is 0 Å². The van der Waals surface area contributed by atoms with Gasteiger partial charge in [0.05, 0.1) is 18.3 Å². The number of aromatic nitrogens is 1. The Bertz CT molecular complexity index is 701. The van der Waals surface area contributed by atoms with Crippen molar-refractivity contribution in [3.63, 3.8) is 0 Å². The van der Waals surface area contributed by atoms with Crippen molar-refractivity contribution in [1.82, 2.24) is 9.88 Å². The van der Waals surface area contributed by atoms with Crippen LogP contribution in [0.15, 0.2) is 29.1 Å².